The Morgan fingerprint density at radius 2 is 1.97 bits per heavy atom. The fourth-order valence-corrected chi connectivity index (χ4v) is 7.92. The number of hydrogen-bond donors (Lipinski definition) is 1. The maximum Gasteiger partial charge on any atom is 0.191 e. The summed E-state index contributed by atoms with van der Waals surface area (Å²) in [6, 6.07) is 0. The average Bonchev–Trinajstić information content (AvgIpc) is 3.28. The molecule has 166 valence electrons. The van der Waals surface area contributed by atoms with E-state index < -0.39 is 0 Å². The van der Waals surface area contributed by atoms with Crippen LogP contribution in [0.4, 0.5) is 0 Å². The normalized spacial score (nSPS) is 44.4. The van der Waals surface area contributed by atoms with Gasteiger partial charge in [0.1, 0.15) is 12.4 Å². The third kappa shape index (κ3) is 3.32. The van der Waals surface area contributed by atoms with Gasteiger partial charge in [-0.25, -0.2) is 4.98 Å². The van der Waals surface area contributed by atoms with Gasteiger partial charge in [-0.2, -0.15) is 0 Å². The third-order valence-electron chi connectivity index (χ3n) is 9.75. The highest BCUT2D eigenvalue weighted by Crippen LogP contribution is 2.65. The Hall–Kier alpha value is -1.36. The average molecular weight is 415 g/mol. The molecule has 1 aromatic rings. The number of aliphatic hydroxyl groups excluding tert-OH is 1. The molecular formula is C25H38N2O3. The molecule has 4 saturated carbocycles. The zero-order valence-corrected chi connectivity index (χ0v) is 18.9. The lowest BCUT2D eigenvalue weighted by atomic mass is 9.45. The summed E-state index contributed by atoms with van der Waals surface area (Å²) in [7, 11) is 0. The summed E-state index contributed by atoms with van der Waals surface area (Å²) in [5, 5.41) is 15.2. The number of rotatable bonds is 4. The van der Waals surface area contributed by atoms with Crippen molar-refractivity contribution in [2.24, 2.45) is 39.7 Å². The van der Waals surface area contributed by atoms with Gasteiger partial charge in [-0.05, 0) is 92.3 Å². The van der Waals surface area contributed by atoms with Crippen LogP contribution in [0.3, 0.4) is 0 Å². The molecule has 1 heterocycles. The van der Waals surface area contributed by atoms with Crippen LogP contribution in [-0.4, -0.2) is 28.5 Å². The third-order valence-corrected chi connectivity index (χ3v) is 9.75. The molecule has 0 saturated heterocycles. The van der Waals surface area contributed by atoms with Gasteiger partial charge in [0.05, 0.1) is 18.0 Å². The summed E-state index contributed by atoms with van der Waals surface area (Å²) in [4.78, 5) is 9.79. The van der Waals surface area contributed by atoms with Crippen LogP contribution in [0.5, 0.6) is 0 Å². The lowest BCUT2D eigenvalue weighted by molar-refractivity contribution is -0.112. The first-order valence-corrected chi connectivity index (χ1v) is 12.2. The van der Waals surface area contributed by atoms with Gasteiger partial charge in [0.15, 0.2) is 5.89 Å². The fraction of sp³-hybridized carbons (Fsp3) is 0.840. The number of aromatic nitrogens is 1. The molecule has 7 unspecified atom stereocenters. The first kappa shape index (κ1) is 20.5. The van der Waals surface area contributed by atoms with Crippen LogP contribution in [0, 0.1) is 41.4 Å². The molecule has 4 fully saturated rings. The van der Waals surface area contributed by atoms with Crippen molar-refractivity contribution in [3.05, 3.63) is 17.8 Å². The zero-order valence-electron chi connectivity index (χ0n) is 18.9. The van der Waals surface area contributed by atoms with Gasteiger partial charge < -0.3 is 14.4 Å². The summed E-state index contributed by atoms with van der Waals surface area (Å²) in [6.45, 7) is 7.36. The van der Waals surface area contributed by atoms with E-state index >= 15 is 0 Å². The smallest absolute Gasteiger partial charge is 0.191 e. The maximum absolute atomic E-state index is 10.6. The molecule has 0 bridgehead atoms. The number of nitrogens with zero attached hydrogens (tertiary/aromatic N) is 2. The van der Waals surface area contributed by atoms with E-state index in [1.165, 1.54) is 44.2 Å². The number of aliphatic hydroxyl groups is 1. The van der Waals surface area contributed by atoms with E-state index in [9.17, 15) is 5.11 Å². The Morgan fingerprint density at radius 3 is 2.77 bits per heavy atom. The van der Waals surface area contributed by atoms with E-state index in [-0.39, 0.29) is 11.5 Å². The quantitative estimate of drug-likeness (QED) is 0.536. The summed E-state index contributed by atoms with van der Waals surface area (Å²) >= 11 is 0. The van der Waals surface area contributed by atoms with Crippen molar-refractivity contribution in [1.82, 2.24) is 4.98 Å². The molecular weight excluding hydrogens is 376 g/mol. The van der Waals surface area contributed by atoms with E-state index in [0.29, 0.717) is 24.3 Å². The molecule has 5 heteroatoms. The molecule has 4 aliphatic carbocycles. The second-order valence-electron chi connectivity index (χ2n) is 11.1. The monoisotopic (exact) mass is 414 g/mol. The van der Waals surface area contributed by atoms with Crippen LogP contribution in [0.2, 0.25) is 0 Å². The summed E-state index contributed by atoms with van der Waals surface area (Å²) in [5.74, 6) is 4.70. The Balaban J connectivity index is 1.21. The predicted octanol–water partition coefficient (Wildman–Crippen LogP) is 5.30. The first-order valence-electron chi connectivity index (χ1n) is 12.2. The highest BCUT2D eigenvalue weighted by Gasteiger charge is 2.59. The second-order valence-corrected chi connectivity index (χ2v) is 11.1. The second kappa shape index (κ2) is 7.65. The topological polar surface area (TPSA) is 67.9 Å². The molecule has 7 atom stereocenters. The van der Waals surface area contributed by atoms with Gasteiger partial charge in [0, 0.05) is 13.3 Å². The van der Waals surface area contributed by atoms with Crippen LogP contribution in [-0.2, 0) is 11.3 Å². The summed E-state index contributed by atoms with van der Waals surface area (Å²) in [6.07, 6.45) is 13.3. The minimum atomic E-state index is -0.0721. The molecule has 0 spiro atoms. The van der Waals surface area contributed by atoms with Gasteiger partial charge in [-0.3, -0.25) is 0 Å². The number of oxime groups is 1. The SMILES string of the molecule is Cc1ncc(CCON=C2CCC3(C)C(CCC4C5CCC(O)C5(C)CCC43)C2)o1. The Bertz CT molecular complexity index is 804. The molecule has 5 nitrogen and oxygen atoms in total. The van der Waals surface area contributed by atoms with Gasteiger partial charge in [-0.15, -0.1) is 0 Å². The van der Waals surface area contributed by atoms with Crippen molar-refractivity contribution < 1.29 is 14.4 Å². The van der Waals surface area contributed by atoms with E-state index in [1.54, 1.807) is 6.20 Å². The van der Waals surface area contributed by atoms with Crippen molar-refractivity contribution in [3.63, 3.8) is 0 Å². The van der Waals surface area contributed by atoms with Gasteiger partial charge in [0.2, 0.25) is 0 Å². The van der Waals surface area contributed by atoms with Gasteiger partial charge in [-0.1, -0.05) is 19.0 Å². The van der Waals surface area contributed by atoms with Crippen molar-refractivity contribution in [2.45, 2.75) is 91.1 Å². The van der Waals surface area contributed by atoms with Crippen LogP contribution < -0.4 is 0 Å². The first-order chi connectivity index (χ1) is 14.4. The van der Waals surface area contributed by atoms with Crippen molar-refractivity contribution in [1.29, 1.82) is 0 Å². The Morgan fingerprint density at radius 1 is 1.13 bits per heavy atom. The lowest BCUT2D eigenvalue weighted by Crippen LogP contribution is -2.54. The zero-order chi connectivity index (χ0) is 20.9. The van der Waals surface area contributed by atoms with Crippen molar-refractivity contribution in [3.8, 4) is 0 Å². The molecule has 0 radical (unpaired) electrons. The van der Waals surface area contributed by atoms with E-state index in [4.69, 9.17) is 9.25 Å². The van der Waals surface area contributed by atoms with Crippen LogP contribution >= 0.6 is 0 Å². The molecule has 4 aliphatic rings. The van der Waals surface area contributed by atoms with Crippen molar-refractivity contribution in [2.75, 3.05) is 6.61 Å². The predicted molar refractivity (Wildman–Crippen MR) is 116 cm³/mol. The van der Waals surface area contributed by atoms with E-state index in [0.717, 1.165) is 48.7 Å². The highest BCUT2D eigenvalue weighted by molar-refractivity contribution is 5.85. The number of oxazole rings is 1. The van der Waals surface area contributed by atoms with Gasteiger partial charge >= 0.3 is 0 Å². The highest BCUT2D eigenvalue weighted by atomic mass is 16.6. The van der Waals surface area contributed by atoms with Crippen LogP contribution in [0.15, 0.2) is 15.8 Å². The standard InChI is InChI=1S/C25H38N2O3/c1-16-26-15-19(30-16)10-13-29-27-18-8-11-24(2)17(14-18)4-5-20-21-6-7-23(28)25(21,3)12-9-22(20)24/h15,17,20-23,28H,4-14H2,1-3H3. The maximum atomic E-state index is 10.6. The van der Waals surface area contributed by atoms with Crippen LogP contribution in [0.1, 0.15) is 83.3 Å². The number of fused-ring (bicyclic) bond motifs is 5. The summed E-state index contributed by atoms with van der Waals surface area (Å²) < 4.78 is 5.50. The van der Waals surface area contributed by atoms with Gasteiger partial charge in [0.25, 0.3) is 0 Å². The molecule has 1 N–H and O–H groups in total. The molecule has 5 rings (SSSR count). The van der Waals surface area contributed by atoms with E-state index in [2.05, 4.69) is 24.0 Å². The minimum Gasteiger partial charge on any atom is -0.446 e. The molecule has 0 amide bonds. The number of aryl methyl sites for hydroxylation is 1. The Kier molecular flexibility index (Phi) is 5.24. The fourth-order valence-electron chi connectivity index (χ4n) is 7.92. The molecule has 0 aliphatic heterocycles. The number of hydrogen-bond acceptors (Lipinski definition) is 5. The van der Waals surface area contributed by atoms with Crippen molar-refractivity contribution >= 4 is 5.71 Å². The largest absolute Gasteiger partial charge is 0.446 e. The minimum absolute atomic E-state index is 0.0721. The molecule has 30 heavy (non-hydrogen) atoms. The van der Waals surface area contributed by atoms with Crippen LogP contribution in [0.25, 0.3) is 0 Å². The Labute approximate surface area is 180 Å². The summed E-state index contributed by atoms with van der Waals surface area (Å²) in [5.41, 5.74) is 1.87. The molecule has 1 aromatic heterocycles. The van der Waals surface area contributed by atoms with E-state index in [1.807, 2.05) is 6.92 Å². The molecule has 0 aromatic carbocycles. The lowest BCUT2D eigenvalue weighted by Gasteiger charge is -2.60.